The van der Waals surface area contributed by atoms with Crippen LogP contribution in [-0.2, 0) is 41.3 Å². The molecule has 2 saturated heterocycles. The van der Waals surface area contributed by atoms with Gasteiger partial charge in [-0.05, 0) is 12.2 Å². The number of imidazole rings is 1. The third-order valence-corrected chi connectivity index (χ3v) is 9.80. The maximum atomic E-state index is 13.1. The highest BCUT2D eigenvalue weighted by Crippen LogP contribution is 2.64. The summed E-state index contributed by atoms with van der Waals surface area (Å²) in [6.07, 6.45) is -6.38. The summed E-state index contributed by atoms with van der Waals surface area (Å²) in [5, 5.41) is 51.1. The molecule has 10 unspecified atom stereocenters. The minimum absolute atomic E-state index is 0.0201. The lowest BCUT2D eigenvalue weighted by Crippen LogP contribution is -2.43. The molecule has 0 saturated carbocycles. The topological polar surface area (TPSA) is 301 Å². The number of nitrogen functional groups attached to an aromatic ring is 1. The Morgan fingerprint density at radius 1 is 1.09 bits per heavy atom. The monoisotopic (exact) mass is 666 g/mol. The first-order valence-corrected chi connectivity index (χ1v) is 15.5. The molecule has 0 spiro atoms. The summed E-state index contributed by atoms with van der Waals surface area (Å²) in [7, 11) is -9.63. The molecule has 2 aromatic heterocycles. The molecule has 242 valence electrons. The zero-order chi connectivity index (χ0) is 32.0. The van der Waals surface area contributed by atoms with E-state index >= 15 is 0 Å². The number of phosphoric acid groups is 2. The van der Waals surface area contributed by atoms with Crippen molar-refractivity contribution in [1.29, 1.82) is 0 Å². The summed E-state index contributed by atoms with van der Waals surface area (Å²) >= 11 is 0. The molecule has 0 aromatic carbocycles. The summed E-state index contributed by atoms with van der Waals surface area (Å²) in [6.45, 7) is -1.05. The minimum Gasteiger partial charge on any atom is -0.478 e. The van der Waals surface area contributed by atoms with Crippen molar-refractivity contribution in [2.75, 3.05) is 26.0 Å². The number of rotatable bonds is 11. The number of fused-ring (bicyclic) bond motifs is 1. The van der Waals surface area contributed by atoms with Crippen LogP contribution in [0.4, 0.5) is 5.82 Å². The zero-order valence-electron chi connectivity index (χ0n) is 22.5. The van der Waals surface area contributed by atoms with Crippen molar-refractivity contribution in [3.8, 4) is 0 Å². The standard InChI is InChI=1S/C21H28N6O15P2/c1-37-44(36,41-21-15(31)14(30)19(40-21)27-8-25-11-16(22)23-7-24-17(11)27)42-43(34,35)38-6-10-12(28)13(29)18(39-10)26-4-2-3-9(5-26)20(32)33/h2-4,7-8,10,12-15,18-19,21,28-31H,5-6H2,1H3,(H,32,33)(H,34,35)(H2,22,23,24). The van der Waals surface area contributed by atoms with Crippen LogP contribution in [0, 0.1) is 0 Å². The minimum atomic E-state index is -5.34. The van der Waals surface area contributed by atoms with Crippen LogP contribution >= 0.6 is 15.6 Å². The average molecular weight is 666 g/mol. The lowest BCUT2D eigenvalue weighted by Gasteiger charge is -2.30. The summed E-state index contributed by atoms with van der Waals surface area (Å²) in [4.78, 5) is 34.6. The third-order valence-electron chi connectivity index (χ3n) is 6.78. The quantitative estimate of drug-likeness (QED) is 0.130. The van der Waals surface area contributed by atoms with E-state index in [1.54, 1.807) is 0 Å². The number of hydrogen-bond acceptors (Lipinski definition) is 18. The molecule has 0 bridgehead atoms. The van der Waals surface area contributed by atoms with E-state index in [-0.39, 0.29) is 29.1 Å². The van der Waals surface area contributed by atoms with Crippen molar-refractivity contribution >= 4 is 38.6 Å². The first-order chi connectivity index (χ1) is 20.7. The Kier molecular flexibility index (Phi) is 9.23. The van der Waals surface area contributed by atoms with Gasteiger partial charge in [-0.2, -0.15) is 4.31 Å². The summed E-state index contributed by atoms with van der Waals surface area (Å²) in [5.74, 6) is -1.18. The second kappa shape index (κ2) is 12.5. The van der Waals surface area contributed by atoms with E-state index in [2.05, 4.69) is 23.8 Å². The van der Waals surface area contributed by atoms with Gasteiger partial charge in [-0.1, -0.05) is 0 Å². The van der Waals surface area contributed by atoms with Gasteiger partial charge in [-0.3, -0.25) is 18.1 Å². The van der Waals surface area contributed by atoms with E-state index < -0.39 is 77.5 Å². The molecule has 3 aliphatic heterocycles. The van der Waals surface area contributed by atoms with Crippen LogP contribution in [0.2, 0.25) is 0 Å². The largest absolute Gasteiger partial charge is 0.485 e. The number of aliphatic carboxylic acids is 1. The number of carboxylic acid groups (broad SMARTS) is 1. The molecule has 5 rings (SSSR count). The molecule has 8 N–H and O–H groups in total. The summed E-state index contributed by atoms with van der Waals surface area (Å²) in [6, 6.07) is 0. The van der Waals surface area contributed by atoms with Crippen LogP contribution in [0.25, 0.3) is 11.2 Å². The molecule has 5 heterocycles. The number of aromatic nitrogens is 4. The van der Waals surface area contributed by atoms with Crippen LogP contribution in [0.1, 0.15) is 6.23 Å². The Bertz CT molecular complexity index is 1550. The molecule has 10 atom stereocenters. The number of aliphatic hydroxyl groups excluding tert-OH is 4. The van der Waals surface area contributed by atoms with Crippen molar-refractivity contribution < 1.29 is 71.7 Å². The normalized spacial score (nSPS) is 33.3. The van der Waals surface area contributed by atoms with Gasteiger partial charge in [0.05, 0.1) is 25.1 Å². The Labute approximate surface area is 246 Å². The molecule has 44 heavy (non-hydrogen) atoms. The number of ether oxygens (including phenoxy) is 2. The molecule has 23 heteroatoms. The van der Waals surface area contributed by atoms with Crippen LogP contribution in [0.3, 0.4) is 0 Å². The van der Waals surface area contributed by atoms with Crippen LogP contribution in [0.15, 0.2) is 36.6 Å². The predicted molar refractivity (Wildman–Crippen MR) is 140 cm³/mol. The Morgan fingerprint density at radius 3 is 2.52 bits per heavy atom. The van der Waals surface area contributed by atoms with Gasteiger partial charge in [0, 0.05) is 13.3 Å². The smallest absolute Gasteiger partial charge is 0.478 e. The Hall–Kier alpha value is -2.88. The Morgan fingerprint density at radius 2 is 1.82 bits per heavy atom. The molecular formula is C21H28N6O15P2. The number of carbonyl (C=O) groups is 1. The molecule has 2 aromatic rings. The van der Waals surface area contributed by atoms with Gasteiger partial charge < -0.3 is 50.5 Å². The Balaban J connectivity index is 1.20. The number of nitrogens with two attached hydrogens (primary N) is 1. The van der Waals surface area contributed by atoms with Crippen molar-refractivity contribution in [1.82, 2.24) is 24.4 Å². The number of aliphatic hydroxyl groups is 4. The molecule has 21 nitrogen and oxygen atoms in total. The SMILES string of the molecule is COP(=O)(OC1OC(n2cnc3c(N)ncnc32)C(O)C1O)OP(=O)(O)OCC1OC(N2C=CC=C(C(=O)O)C2)C(O)C1O. The highest BCUT2D eigenvalue weighted by Gasteiger charge is 2.51. The lowest BCUT2D eigenvalue weighted by molar-refractivity contribution is -0.135. The van der Waals surface area contributed by atoms with Crippen molar-refractivity contribution in [2.45, 2.75) is 49.3 Å². The van der Waals surface area contributed by atoms with Crippen molar-refractivity contribution in [2.24, 2.45) is 0 Å². The van der Waals surface area contributed by atoms with E-state index in [1.165, 1.54) is 34.1 Å². The van der Waals surface area contributed by atoms with Gasteiger partial charge in [0.1, 0.15) is 42.4 Å². The van der Waals surface area contributed by atoms with Gasteiger partial charge in [0.15, 0.2) is 30.2 Å². The third kappa shape index (κ3) is 6.42. The van der Waals surface area contributed by atoms with Gasteiger partial charge >= 0.3 is 21.6 Å². The number of hydrogen-bond donors (Lipinski definition) is 7. The number of nitrogens with zero attached hydrogens (tertiary/aromatic N) is 5. The molecule has 0 radical (unpaired) electrons. The summed E-state index contributed by atoms with van der Waals surface area (Å²) < 4.78 is 57.1. The van der Waals surface area contributed by atoms with E-state index in [0.29, 0.717) is 0 Å². The highest BCUT2D eigenvalue weighted by molar-refractivity contribution is 7.61. The fraction of sp³-hybridized carbons (Fsp3) is 0.524. The van der Waals surface area contributed by atoms with E-state index in [4.69, 9.17) is 24.3 Å². The molecule has 0 aliphatic carbocycles. The number of phosphoric ester groups is 2. The second-order valence-electron chi connectivity index (χ2n) is 9.60. The zero-order valence-corrected chi connectivity index (χ0v) is 24.3. The van der Waals surface area contributed by atoms with Crippen LogP contribution < -0.4 is 5.73 Å². The highest BCUT2D eigenvalue weighted by atomic mass is 31.3. The van der Waals surface area contributed by atoms with Gasteiger partial charge in [0.2, 0.25) is 0 Å². The maximum Gasteiger partial charge on any atom is 0.485 e. The molecule has 2 fully saturated rings. The van der Waals surface area contributed by atoms with Gasteiger partial charge in [-0.15, -0.1) is 0 Å². The van der Waals surface area contributed by atoms with Gasteiger partial charge in [-0.25, -0.2) is 28.9 Å². The van der Waals surface area contributed by atoms with Gasteiger partial charge in [0.25, 0.3) is 0 Å². The maximum absolute atomic E-state index is 13.1. The number of carboxylic acids is 1. The number of allylic oxidation sites excluding steroid dienone is 2. The van der Waals surface area contributed by atoms with Crippen molar-refractivity contribution in [3.63, 3.8) is 0 Å². The first kappa shape index (κ1) is 32.5. The second-order valence-corrected chi connectivity index (χ2v) is 12.9. The molecule has 3 aliphatic rings. The van der Waals surface area contributed by atoms with Crippen LogP contribution in [-0.4, -0.2) is 124 Å². The van der Waals surface area contributed by atoms with E-state index in [0.717, 1.165) is 13.4 Å². The fourth-order valence-electron chi connectivity index (χ4n) is 4.57. The lowest BCUT2D eigenvalue weighted by atomic mass is 10.1. The number of anilines is 1. The predicted octanol–water partition coefficient (Wildman–Crippen LogP) is -1.82. The first-order valence-electron chi connectivity index (χ1n) is 12.6. The van der Waals surface area contributed by atoms with E-state index in [1.807, 2.05) is 0 Å². The summed E-state index contributed by atoms with van der Waals surface area (Å²) in [5.41, 5.74) is 6.02. The fourth-order valence-corrected chi connectivity index (χ4v) is 7.04. The average Bonchev–Trinajstić information content (AvgIpc) is 3.62. The molecular weight excluding hydrogens is 638 g/mol. The van der Waals surface area contributed by atoms with Crippen LogP contribution in [0.5, 0.6) is 0 Å². The van der Waals surface area contributed by atoms with E-state index in [9.17, 15) is 44.4 Å². The van der Waals surface area contributed by atoms with Crippen molar-refractivity contribution in [3.05, 3.63) is 36.6 Å². The molecule has 0 amide bonds.